The molecule has 0 aliphatic rings. The molecule has 1 heterocycles. The minimum atomic E-state index is -0.406. The fourth-order valence-corrected chi connectivity index (χ4v) is 2.76. The number of hydrogen-bond acceptors (Lipinski definition) is 4. The fraction of sp³-hybridized carbons (Fsp3) is 0.688. The van der Waals surface area contributed by atoms with Gasteiger partial charge in [0.1, 0.15) is 4.64 Å². The zero-order chi connectivity index (χ0) is 17.4. The fourth-order valence-electron chi connectivity index (χ4n) is 2.11. The Hall–Kier alpha value is -1.08. The first-order valence-electron chi connectivity index (χ1n) is 8.04. The number of carbonyl (C=O) groups excluding carboxylic acids is 1. The standard InChI is InChI=1S/C16H25FN2O2S2/c1-4-18-11-13(17)14(22)19(16(18)23)9-7-5-6-8-10-21-15(20)12(2)3/h11-12H,4-10H2,1-3H3. The number of halogens is 1. The lowest BCUT2D eigenvalue weighted by Crippen LogP contribution is -2.13. The van der Waals surface area contributed by atoms with Crippen LogP contribution >= 0.6 is 24.4 Å². The lowest BCUT2D eigenvalue weighted by Gasteiger charge is -2.12. The zero-order valence-corrected chi connectivity index (χ0v) is 15.6. The van der Waals surface area contributed by atoms with E-state index in [4.69, 9.17) is 29.2 Å². The summed E-state index contributed by atoms with van der Waals surface area (Å²) in [5.74, 6) is -0.646. The number of unbranched alkanes of at least 4 members (excludes halogenated alkanes) is 3. The number of nitrogens with zero attached hydrogens (tertiary/aromatic N) is 2. The maximum Gasteiger partial charge on any atom is 0.308 e. The Morgan fingerprint density at radius 3 is 2.52 bits per heavy atom. The molecule has 0 radical (unpaired) electrons. The van der Waals surface area contributed by atoms with Crippen molar-refractivity contribution in [2.45, 2.75) is 59.5 Å². The largest absolute Gasteiger partial charge is 0.465 e. The van der Waals surface area contributed by atoms with Gasteiger partial charge in [-0.15, -0.1) is 0 Å². The van der Waals surface area contributed by atoms with Crippen molar-refractivity contribution >= 4 is 30.4 Å². The van der Waals surface area contributed by atoms with Gasteiger partial charge < -0.3 is 13.9 Å². The molecule has 130 valence electrons. The molecule has 23 heavy (non-hydrogen) atoms. The van der Waals surface area contributed by atoms with E-state index in [9.17, 15) is 9.18 Å². The minimum Gasteiger partial charge on any atom is -0.465 e. The highest BCUT2D eigenvalue weighted by Crippen LogP contribution is 2.09. The van der Waals surface area contributed by atoms with Gasteiger partial charge in [-0.05, 0) is 38.4 Å². The van der Waals surface area contributed by atoms with Crippen molar-refractivity contribution in [1.82, 2.24) is 9.13 Å². The number of aryl methyl sites for hydroxylation is 1. The Labute approximate surface area is 147 Å². The maximum absolute atomic E-state index is 13.8. The van der Waals surface area contributed by atoms with Gasteiger partial charge in [0.25, 0.3) is 0 Å². The summed E-state index contributed by atoms with van der Waals surface area (Å²) in [6.45, 7) is 7.24. The second kappa shape index (κ2) is 9.93. The second-order valence-electron chi connectivity index (χ2n) is 5.74. The number of esters is 1. The molecule has 7 heteroatoms. The van der Waals surface area contributed by atoms with Gasteiger partial charge in [-0.3, -0.25) is 4.79 Å². The summed E-state index contributed by atoms with van der Waals surface area (Å²) in [6, 6.07) is 0. The number of carbonyl (C=O) groups is 1. The van der Waals surface area contributed by atoms with E-state index in [1.54, 1.807) is 9.13 Å². The summed E-state index contributed by atoms with van der Waals surface area (Å²) < 4.78 is 23.0. The van der Waals surface area contributed by atoms with Crippen molar-refractivity contribution in [1.29, 1.82) is 0 Å². The maximum atomic E-state index is 13.8. The van der Waals surface area contributed by atoms with Crippen molar-refractivity contribution < 1.29 is 13.9 Å². The smallest absolute Gasteiger partial charge is 0.308 e. The van der Waals surface area contributed by atoms with Gasteiger partial charge in [-0.2, -0.15) is 0 Å². The Balaban J connectivity index is 2.40. The number of ether oxygens (including phenoxy) is 1. The van der Waals surface area contributed by atoms with E-state index in [1.807, 2.05) is 20.8 Å². The van der Waals surface area contributed by atoms with E-state index in [-0.39, 0.29) is 16.5 Å². The Kier molecular flexibility index (Phi) is 8.62. The number of rotatable bonds is 9. The molecule has 0 bridgehead atoms. The number of hydrogen-bond donors (Lipinski definition) is 0. The normalized spacial score (nSPS) is 11.0. The molecule has 0 N–H and O–H groups in total. The van der Waals surface area contributed by atoms with Crippen LogP contribution in [0.5, 0.6) is 0 Å². The molecule has 0 saturated heterocycles. The topological polar surface area (TPSA) is 36.2 Å². The minimum absolute atomic E-state index is 0.0828. The van der Waals surface area contributed by atoms with Crippen LogP contribution in [0.3, 0.4) is 0 Å². The molecular weight excluding hydrogens is 335 g/mol. The SMILES string of the molecule is CCn1cc(F)c(=S)n(CCCCCCOC(=O)C(C)C)c1=S. The van der Waals surface area contributed by atoms with E-state index in [2.05, 4.69) is 0 Å². The van der Waals surface area contributed by atoms with Crippen molar-refractivity contribution in [3.05, 3.63) is 21.4 Å². The predicted octanol–water partition coefficient (Wildman–Crippen LogP) is 4.67. The van der Waals surface area contributed by atoms with Crippen LogP contribution in [0.2, 0.25) is 0 Å². The summed E-state index contributed by atoms with van der Waals surface area (Å²) in [5, 5.41) is 0. The zero-order valence-electron chi connectivity index (χ0n) is 14.0. The Morgan fingerprint density at radius 2 is 1.91 bits per heavy atom. The van der Waals surface area contributed by atoms with Crippen LogP contribution < -0.4 is 0 Å². The first-order valence-corrected chi connectivity index (χ1v) is 8.86. The summed E-state index contributed by atoms with van der Waals surface area (Å²) in [6.07, 6.45) is 4.98. The van der Waals surface area contributed by atoms with Crippen molar-refractivity contribution in [3.63, 3.8) is 0 Å². The van der Waals surface area contributed by atoms with Crippen molar-refractivity contribution in [2.24, 2.45) is 5.92 Å². The molecule has 1 aromatic heterocycles. The van der Waals surface area contributed by atoms with Crippen LogP contribution in [-0.2, 0) is 22.6 Å². The predicted molar refractivity (Wildman–Crippen MR) is 94.0 cm³/mol. The highest BCUT2D eigenvalue weighted by Gasteiger charge is 2.07. The molecule has 0 unspecified atom stereocenters. The van der Waals surface area contributed by atoms with E-state index in [1.165, 1.54) is 6.20 Å². The first kappa shape index (κ1) is 20.0. The van der Waals surface area contributed by atoms with Crippen LogP contribution in [0.1, 0.15) is 46.5 Å². The molecule has 0 spiro atoms. The highest BCUT2D eigenvalue weighted by atomic mass is 32.1. The molecule has 0 aliphatic carbocycles. The quantitative estimate of drug-likeness (QED) is 0.364. The third-order valence-electron chi connectivity index (χ3n) is 3.53. The molecule has 1 rings (SSSR count). The van der Waals surface area contributed by atoms with Crippen LogP contribution in [0.15, 0.2) is 6.20 Å². The van der Waals surface area contributed by atoms with Gasteiger partial charge in [-0.1, -0.05) is 32.5 Å². The summed E-state index contributed by atoms with van der Waals surface area (Å²) in [7, 11) is 0. The van der Waals surface area contributed by atoms with Gasteiger partial charge in [-0.25, -0.2) is 4.39 Å². The molecule has 0 amide bonds. The van der Waals surface area contributed by atoms with E-state index < -0.39 is 5.82 Å². The van der Waals surface area contributed by atoms with Gasteiger partial charge >= 0.3 is 5.97 Å². The average molecular weight is 361 g/mol. The van der Waals surface area contributed by atoms with Crippen LogP contribution in [0.4, 0.5) is 4.39 Å². The van der Waals surface area contributed by atoms with Crippen molar-refractivity contribution in [2.75, 3.05) is 6.61 Å². The molecule has 0 fully saturated rings. The third kappa shape index (κ3) is 6.14. The Bertz CT molecular complexity index is 638. The van der Waals surface area contributed by atoms with E-state index in [0.29, 0.717) is 24.5 Å². The Morgan fingerprint density at radius 1 is 1.26 bits per heavy atom. The van der Waals surface area contributed by atoms with Gasteiger partial charge in [0.2, 0.25) is 0 Å². The van der Waals surface area contributed by atoms with Gasteiger partial charge in [0.05, 0.1) is 12.5 Å². The third-order valence-corrected chi connectivity index (χ3v) is 4.40. The summed E-state index contributed by atoms with van der Waals surface area (Å²) >= 11 is 10.5. The molecule has 4 nitrogen and oxygen atoms in total. The molecule has 0 aliphatic heterocycles. The molecule has 1 aromatic rings. The van der Waals surface area contributed by atoms with E-state index >= 15 is 0 Å². The van der Waals surface area contributed by atoms with Crippen LogP contribution in [-0.4, -0.2) is 21.7 Å². The molecule has 0 atom stereocenters. The molecule has 0 aromatic carbocycles. The lowest BCUT2D eigenvalue weighted by molar-refractivity contribution is -0.147. The van der Waals surface area contributed by atoms with Gasteiger partial charge in [0, 0.05) is 19.3 Å². The monoisotopic (exact) mass is 360 g/mol. The first-order chi connectivity index (χ1) is 10.9. The summed E-state index contributed by atoms with van der Waals surface area (Å²) in [5.41, 5.74) is 0. The van der Waals surface area contributed by atoms with Gasteiger partial charge in [0.15, 0.2) is 10.6 Å². The average Bonchev–Trinajstić information content (AvgIpc) is 2.52. The number of aromatic nitrogens is 2. The van der Waals surface area contributed by atoms with Crippen LogP contribution in [0, 0.1) is 21.1 Å². The lowest BCUT2D eigenvalue weighted by atomic mass is 10.2. The van der Waals surface area contributed by atoms with E-state index in [0.717, 1.165) is 25.7 Å². The van der Waals surface area contributed by atoms with Crippen molar-refractivity contribution in [3.8, 4) is 0 Å². The summed E-state index contributed by atoms with van der Waals surface area (Å²) in [4.78, 5) is 11.3. The highest BCUT2D eigenvalue weighted by molar-refractivity contribution is 7.72. The second-order valence-corrected chi connectivity index (χ2v) is 6.49. The molecule has 0 saturated carbocycles. The van der Waals surface area contributed by atoms with Crippen LogP contribution in [0.25, 0.3) is 0 Å². The molecular formula is C16H25FN2O2S2.